The van der Waals surface area contributed by atoms with Gasteiger partial charge in [0.05, 0.1) is 18.0 Å². The summed E-state index contributed by atoms with van der Waals surface area (Å²) >= 11 is 1.54. The predicted octanol–water partition coefficient (Wildman–Crippen LogP) is 1.05. The number of amides is 1. The summed E-state index contributed by atoms with van der Waals surface area (Å²) in [5, 5.41) is 8.71. The van der Waals surface area contributed by atoms with Crippen LogP contribution in [-0.2, 0) is 11.3 Å². The number of likely N-dealkylation sites (tertiary alicyclic amines) is 1. The van der Waals surface area contributed by atoms with Crippen molar-refractivity contribution in [3.05, 3.63) is 23.3 Å². The molecule has 0 aromatic carbocycles. The van der Waals surface area contributed by atoms with Gasteiger partial charge in [0, 0.05) is 19.1 Å². The number of rotatable bonds is 6. The van der Waals surface area contributed by atoms with Crippen LogP contribution in [0.2, 0.25) is 0 Å². The second-order valence-electron chi connectivity index (χ2n) is 5.91. The molecule has 3 rings (SSSR count). The van der Waals surface area contributed by atoms with E-state index in [4.69, 9.17) is 4.52 Å². The van der Waals surface area contributed by atoms with E-state index in [9.17, 15) is 4.79 Å². The summed E-state index contributed by atoms with van der Waals surface area (Å²) in [4.78, 5) is 21.6. The zero-order chi connectivity index (χ0) is 16.2. The Bertz CT molecular complexity index is 640. The van der Waals surface area contributed by atoms with E-state index in [0.717, 1.165) is 24.4 Å². The van der Waals surface area contributed by atoms with Crippen LogP contribution in [0.25, 0.3) is 10.8 Å². The number of hydrogen-bond donors (Lipinski definition) is 1. The van der Waals surface area contributed by atoms with E-state index in [-0.39, 0.29) is 5.91 Å². The lowest BCUT2D eigenvalue weighted by Gasteiger charge is -2.19. The van der Waals surface area contributed by atoms with Crippen molar-refractivity contribution >= 4 is 17.2 Å². The molecule has 0 radical (unpaired) electrons. The van der Waals surface area contributed by atoms with Crippen molar-refractivity contribution in [1.29, 1.82) is 0 Å². The average Bonchev–Trinajstić information content (AvgIpc) is 3.25. The van der Waals surface area contributed by atoms with Gasteiger partial charge in [-0.25, -0.2) is 0 Å². The van der Waals surface area contributed by atoms with Gasteiger partial charge < -0.3 is 14.7 Å². The number of carbonyl (C=O) groups is 1. The van der Waals surface area contributed by atoms with Crippen LogP contribution in [0.5, 0.6) is 0 Å². The van der Waals surface area contributed by atoms with Crippen LogP contribution in [0.1, 0.15) is 12.2 Å². The Morgan fingerprint density at radius 3 is 3.13 bits per heavy atom. The lowest BCUT2D eigenvalue weighted by molar-refractivity contribution is -0.122. The second kappa shape index (κ2) is 7.20. The molecule has 0 bridgehead atoms. The molecule has 1 N–H and O–H groups in total. The van der Waals surface area contributed by atoms with E-state index in [0.29, 0.717) is 30.8 Å². The molecule has 1 amide bonds. The van der Waals surface area contributed by atoms with Gasteiger partial charge in [-0.15, -0.1) is 11.3 Å². The number of nitrogens with one attached hydrogen (secondary N) is 1. The van der Waals surface area contributed by atoms with Gasteiger partial charge in [0.1, 0.15) is 0 Å². The Labute approximate surface area is 139 Å². The molecule has 8 heteroatoms. The molecule has 2 aromatic rings. The first kappa shape index (κ1) is 16.1. The Balaban J connectivity index is 1.45. The van der Waals surface area contributed by atoms with Crippen LogP contribution in [0.3, 0.4) is 0 Å². The molecule has 3 heterocycles. The van der Waals surface area contributed by atoms with E-state index in [2.05, 4.69) is 39.4 Å². The smallest absolute Gasteiger partial charge is 0.268 e. The van der Waals surface area contributed by atoms with E-state index in [1.807, 2.05) is 17.5 Å². The van der Waals surface area contributed by atoms with Crippen molar-refractivity contribution in [3.63, 3.8) is 0 Å². The normalized spacial score (nSPS) is 18.7. The molecule has 0 aliphatic carbocycles. The third-order valence-corrected chi connectivity index (χ3v) is 4.85. The molecular weight excluding hydrogens is 314 g/mol. The van der Waals surface area contributed by atoms with Crippen molar-refractivity contribution in [1.82, 2.24) is 25.3 Å². The number of thiophene rings is 1. The summed E-state index contributed by atoms with van der Waals surface area (Å²) in [6.07, 6.45) is 1.11. The minimum Gasteiger partial charge on any atom is -0.348 e. The highest BCUT2D eigenvalue weighted by molar-refractivity contribution is 7.13. The van der Waals surface area contributed by atoms with Gasteiger partial charge in [-0.1, -0.05) is 11.2 Å². The number of nitrogens with zero attached hydrogens (tertiary/aromatic N) is 4. The Hall–Kier alpha value is -1.77. The lowest BCUT2D eigenvalue weighted by atomic mass is 10.2. The number of aromatic nitrogens is 2. The number of hydrogen-bond acceptors (Lipinski definition) is 7. The molecule has 2 aromatic heterocycles. The third kappa shape index (κ3) is 4.15. The van der Waals surface area contributed by atoms with E-state index >= 15 is 0 Å². The molecule has 23 heavy (non-hydrogen) atoms. The van der Waals surface area contributed by atoms with E-state index in [1.165, 1.54) is 0 Å². The first-order chi connectivity index (χ1) is 11.1. The highest BCUT2D eigenvalue weighted by Crippen LogP contribution is 2.22. The summed E-state index contributed by atoms with van der Waals surface area (Å²) in [5.74, 6) is 0.985. The summed E-state index contributed by atoms with van der Waals surface area (Å²) in [7, 11) is 4.16. The maximum atomic E-state index is 12.0. The van der Waals surface area contributed by atoms with E-state index < -0.39 is 0 Å². The van der Waals surface area contributed by atoms with Crippen molar-refractivity contribution in [3.8, 4) is 10.8 Å². The second-order valence-corrected chi connectivity index (χ2v) is 6.86. The fraction of sp³-hybridized carbons (Fsp3) is 0.533. The minimum atomic E-state index is -0.00752. The van der Waals surface area contributed by atoms with Gasteiger partial charge in [-0.3, -0.25) is 9.69 Å². The predicted molar refractivity (Wildman–Crippen MR) is 88.0 cm³/mol. The molecule has 1 aliphatic heterocycles. The van der Waals surface area contributed by atoms with Gasteiger partial charge in [-0.05, 0) is 32.0 Å². The topological polar surface area (TPSA) is 74.5 Å². The molecule has 1 fully saturated rings. The largest absolute Gasteiger partial charge is 0.348 e. The number of likely N-dealkylation sites (N-methyl/N-ethyl adjacent to an activating group) is 1. The quantitative estimate of drug-likeness (QED) is 0.850. The van der Waals surface area contributed by atoms with Gasteiger partial charge in [-0.2, -0.15) is 4.98 Å². The maximum Gasteiger partial charge on any atom is 0.268 e. The molecular formula is C15H21N5O2S. The van der Waals surface area contributed by atoms with E-state index in [1.54, 1.807) is 11.3 Å². The zero-order valence-corrected chi connectivity index (χ0v) is 14.2. The molecule has 0 saturated carbocycles. The molecule has 124 valence electrons. The standard InChI is InChI=1S/C15H21N5O2S/c1-19(2)11-5-6-20(9-11)10-14(21)16-8-13-17-15(22-18-13)12-4-3-7-23-12/h3-4,7,11H,5-6,8-10H2,1-2H3,(H,16,21)/t11-/m1/s1. The van der Waals surface area contributed by atoms with Crippen LogP contribution in [0.15, 0.2) is 22.0 Å². The number of carbonyl (C=O) groups excluding carboxylic acids is 1. The fourth-order valence-corrected chi connectivity index (χ4v) is 3.28. The summed E-state index contributed by atoms with van der Waals surface area (Å²) in [6, 6.07) is 4.39. The third-order valence-electron chi connectivity index (χ3n) is 3.99. The Morgan fingerprint density at radius 1 is 1.57 bits per heavy atom. The monoisotopic (exact) mass is 335 g/mol. The highest BCUT2D eigenvalue weighted by atomic mass is 32.1. The van der Waals surface area contributed by atoms with Gasteiger partial charge in [0.25, 0.3) is 5.89 Å². The summed E-state index contributed by atoms with van der Waals surface area (Å²) < 4.78 is 5.20. The van der Waals surface area contributed by atoms with Crippen molar-refractivity contribution in [2.24, 2.45) is 0 Å². The lowest BCUT2D eigenvalue weighted by Crippen LogP contribution is -2.38. The molecule has 1 aliphatic rings. The molecule has 0 spiro atoms. The van der Waals surface area contributed by atoms with Crippen molar-refractivity contribution < 1.29 is 9.32 Å². The van der Waals surface area contributed by atoms with Crippen LogP contribution in [0.4, 0.5) is 0 Å². The Kier molecular flexibility index (Phi) is 5.04. The minimum absolute atomic E-state index is 0.00752. The van der Waals surface area contributed by atoms with Gasteiger partial charge >= 0.3 is 0 Å². The van der Waals surface area contributed by atoms with Crippen LogP contribution < -0.4 is 5.32 Å². The first-order valence-corrected chi connectivity index (χ1v) is 8.51. The van der Waals surface area contributed by atoms with Crippen molar-refractivity contribution in [2.45, 2.75) is 19.0 Å². The fourth-order valence-electron chi connectivity index (χ4n) is 2.64. The van der Waals surface area contributed by atoms with Gasteiger partial charge in [0.2, 0.25) is 5.91 Å². The zero-order valence-electron chi connectivity index (χ0n) is 13.4. The SMILES string of the molecule is CN(C)[C@@H]1CCN(CC(=O)NCc2noc(-c3cccs3)n2)C1. The van der Waals surface area contributed by atoms with Crippen molar-refractivity contribution in [2.75, 3.05) is 33.7 Å². The van der Waals surface area contributed by atoms with Gasteiger partial charge in [0.15, 0.2) is 5.82 Å². The highest BCUT2D eigenvalue weighted by Gasteiger charge is 2.25. The molecule has 7 nitrogen and oxygen atoms in total. The maximum absolute atomic E-state index is 12.0. The average molecular weight is 335 g/mol. The molecule has 1 atom stereocenters. The molecule has 0 unspecified atom stereocenters. The first-order valence-electron chi connectivity index (χ1n) is 7.64. The summed E-state index contributed by atoms with van der Waals surface area (Å²) in [6.45, 7) is 2.60. The van der Waals surface area contributed by atoms with Crippen LogP contribution >= 0.6 is 11.3 Å². The summed E-state index contributed by atoms with van der Waals surface area (Å²) in [5.41, 5.74) is 0. The molecule has 1 saturated heterocycles. The van der Waals surface area contributed by atoms with Crippen LogP contribution in [-0.4, -0.2) is 65.6 Å². The van der Waals surface area contributed by atoms with Crippen LogP contribution in [0, 0.1) is 0 Å². The Morgan fingerprint density at radius 2 is 2.43 bits per heavy atom.